The molecule has 2 aromatic carbocycles. The van der Waals surface area contributed by atoms with Gasteiger partial charge in [0.05, 0.1) is 12.1 Å². The van der Waals surface area contributed by atoms with Gasteiger partial charge in [0, 0.05) is 11.5 Å². The highest BCUT2D eigenvalue weighted by Gasteiger charge is 2.27. The van der Waals surface area contributed by atoms with Gasteiger partial charge in [-0.3, -0.25) is 4.79 Å². The summed E-state index contributed by atoms with van der Waals surface area (Å²) in [4.78, 5) is 14.5. The minimum absolute atomic E-state index is 0.133. The molecule has 3 aromatic rings. The van der Waals surface area contributed by atoms with Crippen molar-refractivity contribution in [2.24, 2.45) is 0 Å². The van der Waals surface area contributed by atoms with Crippen LogP contribution in [0.5, 0.6) is 5.75 Å². The van der Waals surface area contributed by atoms with E-state index >= 15 is 0 Å². The molecule has 4 rings (SSSR count). The molecule has 1 aliphatic heterocycles. The highest BCUT2D eigenvalue weighted by molar-refractivity contribution is 5.88. The fourth-order valence-corrected chi connectivity index (χ4v) is 2.61. The Morgan fingerprint density at radius 2 is 1.83 bits per heavy atom. The van der Waals surface area contributed by atoms with Crippen molar-refractivity contribution in [1.29, 1.82) is 0 Å². The third-order valence-electron chi connectivity index (χ3n) is 3.81. The average Bonchev–Trinajstić information content (AvgIpc) is 3.47. The SMILES string of the molecule is CC.O=c1ccc2c([C@@H]3CO3)ccc(OCc3ccccc3)c2[nH]1. The van der Waals surface area contributed by atoms with Gasteiger partial charge < -0.3 is 14.5 Å². The number of benzene rings is 2. The number of epoxide rings is 1. The second-order valence-electron chi connectivity index (χ2n) is 5.36. The minimum atomic E-state index is -0.133. The standard InChI is InChI=1S/C18H15NO3.C2H6/c20-17-9-7-14-13(16-11-22-16)6-8-15(18(14)19-17)21-10-12-4-2-1-3-5-12;1-2/h1-9,16H,10-11H2,(H,19,20);1-2H3/t16-;/m0./s1. The van der Waals surface area contributed by atoms with Gasteiger partial charge in [0.2, 0.25) is 5.56 Å². The van der Waals surface area contributed by atoms with E-state index in [4.69, 9.17) is 9.47 Å². The highest BCUT2D eigenvalue weighted by atomic mass is 16.6. The number of aromatic amines is 1. The Kier molecular flexibility index (Phi) is 4.96. The molecule has 0 amide bonds. The number of ether oxygens (including phenoxy) is 2. The number of hydrogen-bond acceptors (Lipinski definition) is 3. The molecular formula is C20H21NO3. The van der Waals surface area contributed by atoms with E-state index < -0.39 is 0 Å². The summed E-state index contributed by atoms with van der Waals surface area (Å²) < 4.78 is 11.3. The molecule has 0 saturated carbocycles. The molecule has 0 radical (unpaired) electrons. The van der Waals surface area contributed by atoms with Crippen molar-refractivity contribution in [3.8, 4) is 5.75 Å². The maximum absolute atomic E-state index is 11.7. The minimum Gasteiger partial charge on any atom is -0.487 e. The zero-order chi connectivity index (χ0) is 16.9. The predicted molar refractivity (Wildman–Crippen MR) is 95.4 cm³/mol. The van der Waals surface area contributed by atoms with Crippen molar-refractivity contribution < 1.29 is 9.47 Å². The summed E-state index contributed by atoms with van der Waals surface area (Å²) in [7, 11) is 0. The summed E-state index contributed by atoms with van der Waals surface area (Å²) in [6.07, 6.45) is 0.136. The van der Waals surface area contributed by atoms with E-state index in [1.165, 1.54) is 6.07 Å². The molecular weight excluding hydrogens is 302 g/mol. The van der Waals surface area contributed by atoms with Crippen LogP contribution in [0.1, 0.15) is 31.1 Å². The van der Waals surface area contributed by atoms with Gasteiger partial charge >= 0.3 is 0 Å². The summed E-state index contributed by atoms with van der Waals surface area (Å²) in [5, 5.41) is 0.979. The highest BCUT2D eigenvalue weighted by Crippen LogP contribution is 2.37. The lowest BCUT2D eigenvalue weighted by Crippen LogP contribution is -2.05. The lowest BCUT2D eigenvalue weighted by atomic mass is 10.1. The molecule has 1 saturated heterocycles. The lowest BCUT2D eigenvalue weighted by molar-refractivity contribution is 0.309. The second kappa shape index (κ2) is 7.32. The Hall–Kier alpha value is -2.59. The maximum atomic E-state index is 11.7. The number of aromatic nitrogens is 1. The molecule has 24 heavy (non-hydrogen) atoms. The third-order valence-corrected chi connectivity index (χ3v) is 3.81. The Morgan fingerprint density at radius 3 is 2.54 bits per heavy atom. The Labute approximate surface area is 141 Å². The Morgan fingerprint density at radius 1 is 1.08 bits per heavy atom. The fourth-order valence-electron chi connectivity index (χ4n) is 2.61. The first-order valence-corrected chi connectivity index (χ1v) is 8.25. The molecule has 1 aliphatic rings. The molecule has 0 aliphatic carbocycles. The largest absolute Gasteiger partial charge is 0.487 e. The van der Waals surface area contributed by atoms with Gasteiger partial charge in [0.1, 0.15) is 18.5 Å². The Bertz CT molecular complexity index is 867. The van der Waals surface area contributed by atoms with Crippen molar-refractivity contribution >= 4 is 10.9 Å². The molecule has 0 bridgehead atoms. The van der Waals surface area contributed by atoms with Crippen molar-refractivity contribution in [2.75, 3.05) is 6.61 Å². The van der Waals surface area contributed by atoms with Crippen LogP contribution in [0.15, 0.2) is 59.4 Å². The number of nitrogens with one attached hydrogen (secondary N) is 1. The quantitative estimate of drug-likeness (QED) is 0.732. The first-order chi connectivity index (χ1) is 11.8. The van der Waals surface area contributed by atoms with Gasteiger partial charge in [0.15, 0.2) is 0 Å². The van der Waals surface area contributed by atoms with Gasteiger partial charge in [-0.25, -0.2) is 0 Å². The van der Waals surface area contributed by atoms with Crippen molar-refractivity contribution in [2.45, 2.75) is 26.6 Å². The summed E-state index contributed by atoms with van der Waals surface area (Å²) >= 11 is 0. The van der Waals surface area contributed by atoms with Gasteiger partial charge in [-0.05, 0) is 23.3 Å². The van der Waals surface area contributed by atoms with E-state index in [1.807, 2.05) is 62.4 Å². The van der Waals surface area contributed by atoms with Crippen LogP contribution in [0.25, 0.3) is 10.9 Å². The summed E-state index contributed by atoms with van der Waals surface area (Å²) in [6, 6.07) is 17.2. The molecule has 1 atom stereocenters. The zero-order valence-corrected chi connectivity index (χ0v) is 13.9. The van der Waals surface area contributed by atoms with Crippen LogP contribution in [-0.4, -0.2) is 11.6 Å². The second-order valence-corrected chi connectivity index (χ2v) is 5.36. The number of rotatable bonds is 4. The topological polar surface area (TPSA) is 54.6 Å². The van der Waals surface area contributed by atoms with E-state index in [-0.39, 0.29) is 11.7 Å². The van der Waals surface area contributed by atoms with Crippen molar-refractivity contribution in [3.05, 3.63) is 76.1 Å². The molecule has 124 valence electrons. The molecule has 2 heterocycles. The number of hydrogen-bond donors (Lipinski definition) is 1. The first kappa shape index (κ1) is 16.3. The molecule has 1 N–H and O–H groups in total. The van der Waals surface area contributed by atoms with Gasteiger partial charge in [0.25, 0.3) is 0 Å². The van der Waals surface area contributed by atoms with E-state index in [0.717, 1.165) is 28.6 Å². The van der Waals surface area contributed by atoms with Crippen LogP contribution < -0.4 is 10.3 Å². The molecule has 4 heteroatoms. The van der Waals surface area contributed by atoms with E-state index in [9.17, 15) is 4.79 Å². The maximum Gasteiger partial charge on any atom is 0.248 e. The third kappa shape index (κ3) is 3.49. The fraction of sp³-hybridized carbons (Fsp3) is 0.250. The average molecular weight is 323 g/mol. The summed E-state index contributed by atoms with van der Waals surface area (Å²) in [6.45, 7) is 5.20. The number of fused-ring (bicyclic) bond motifs is 1. The van der Waals surface area contributed by atoms with Crippen LogP contribution in [-0.2, 0) is 11.3 Å². The monoisotopic (exact) mass is 323 g/mol. The summed E-state index contributed by atoms with van der Waals surface area (Å²) in [5.41, 5.74) is 2.78. The molecule has 4 nitrogen and oxygen atoms in total. The normalized spacial score (nSPS) is 15.5. The van der Waals surface area contributed by atoms with Gasteiger partial charge in [-0.1, -0.05) is 50.2 Å². The molecule has 1 fully saturated rings. The Balaban J connectivity index is 0.000000815. The van der Waals surface area contributed by atoms with Crippen LogP contribution in [0.4, 0.5) is 0 Å². The van der Waals surface area contributed by atoms with Crippen LogP contribution in [0.3, 0.4) is 0 Å². The number of H-pyrrole nitrogens is 1. The molecule has 0 spiro atoms. The first-order valence-electron chi connectivity index (χ1n) is 8.25. The van der Waals surface area contributed by atoms with Crippen molar-refractivity contribution in [1.82, 2.24) is 4.98 Å². The van der Waals surface area contributed by atoms with E-state index in [1.54, 1.807) is 0 Å². The van der Waals surface area contributed by atoms with Gasteiger partial charge in [-0.2, -0.15) is 0 Å². The van der Waals surface area contributed by atoms with Crippen LogP contribution >= 0.6 is 0 Å². The van der Waals surface area contributed by atoms with Crippen molar-refractivity contribution in [3.63, 3.8) is 0 Å². The predicted octanol–water partition coefficient (Wildman–Crippen LogP) is 4.20. The lowest BCUT2D eigenvalue weighted by Gasteiger charge is -2.11. The van der Waals surface area contributed by atoms with Crippen LogP contribution in [0, 0.1) is 0 Å². The van der Waals surface area contributed by atoms with Gasteiger partial charge in [-0.15, -0.1) is 0 Å². The smallest absolute Gasteiger partial charge is 0.248 e. The zero-order valence-electron chi connectivity index (χ0n) is 13.9. The molecule has 1 aromatic heterocycles. The number of pyridine rings is 1. The van der Waals surface area contributed by atoms with Crippen LogP contribution in [0.2, 0.25) is 0 Å². The molecule has 0 unspecified atom stereocenters. The van der Waals surface area contributed by atoms with E-state index in [0.29, 0.717) is 12.4 Å². The summed E-state index contributed by atoms with van der Waals surface area (Å²) in [5.74, 6) is 0.681. The van der Waals surface area contributed by atoms with E-state index in [2.05, 4.69) is 4.98 Å².